The van der Waals surface area contributed by atoms with Gasteiger partial charge in [-0.3, -0.25) is 4.79 Å². The molecular weight excluding hydrogens is 385 g/mol. The molecule has 1 aliphatic rings. The topological polar surface area (TPSA) is 82.5 Å². The van der Waals surface area contributed by atoms with Crippen LogP contribution in [0.25, 0.3) is 0 Å². The highest BCUT2D eigenvalue weighted by Gasteiger charge is 2.28. The van der Waals surface area contributed by atoms with E-state index in [-0.39, 0.29) is 16.8 Å². The summed E-state index contributed by atoms with van der Waals surface area (Å²) in [5, 5.41) is 12.2. The van der Waals surface area contributed by atoms with E-state index in [1.807, 2.05) is 23.1 Å². The molecule has 1 saturated heterocycles. The predicted octanol–water partition coefficient (Wildman–Crippen LogP) is 4.17. The molecule has 0 spiro atoms. The molecule has 0 aliphatic carbocycles. The van der Waals surface area contributed by atoms with Gasteiger partial charge in [-0.1, -0.05) is 42.5 Å². The molecule has 2 N–H and O–H groups in total. The van der Waals surface area contributed by atoms with Crippen LogP contribution in [0.1, 0.15) is 38.6 Å². The highest BCUT2D eigenvalue weighted by atomic mass is 19.1. The largest absolute Gasteiger partial charge is 0.478 e. The molecule has 1 atom stereocenters. The van der Waals surface area contributed by atoms with Gasteiger partial charge in [0.25, 0.3) is 5.91 Å². The number of aromatic nitrogens is 1. The maximum atomic E-state index is 13.8. The molecular formula is C23H20FN3O3. The Balaban J connectivity index is 1.55. The number of anilines is 2. The van der Waals surface area contributed by atoms with Crippen molar-refractivity contribution in [2.24, 2.45) is 0 Å². The van der Waals surface area contributed by atoms with Crippen molar-refractivity contribution >= 4 is 23.4 Å². The van der Waals surface area contributed by atoms with Gasteiger partial charge in [0.15, 0.2) is 0 Å². The molecule has 2 heterocycles. The smallest absolute Gasteiger partial charge is 0.339 e. The summed E-state index contributed by atoms with van der Waals surface area (Å²) in [5.41, 5.74) is 1.28. The highest BCUT2D eigenvalue weighted by molar-refractivity contribution is 6.05. The number of carbonyl (C=O) groups is 2. The fourth-order valence-corrected chi connectivity index (χ4v) is 3.73. The average molecular weight is 405 g/mol. The van der Waals surface area contributed by atoms with Crippen molar-refractivity contribution in [2.75, 3.05) is 23.3 Å². The number of pyridine rings is 1. The summed E-state index contributed by atoms with van der Waals surface area (Å²) in [6.45, 7) is 1.35. The zero-order valence-electron chi connectivity index (χ0n) is 16.1. The lowest BCUT2D eigenvalue weighted by molar-refractivity contribution is 0.0696. The molecule has 152 valence electrons. The van der Waals surface area contributed by atoms with Gasteiger partial charge in [-0.2, -0.15) is 0 Å². The molecule has 0 bridgehead atoms. The first-order valence-electron chi connectivity index (χ1n) is 9.62. The summed E-state index contributed by atoms with van der Waals surface area (Å²) in [6.07, 6.45) is 2.30. The minimum atomic E-state index is -1.14. The summed E-state index contributed by atoms with van der Waals surface area (Å²) in [4.78, 5) is 30.4. The summed E-state index contributed by atoms with van der Waals surface area (Å²) in [6, 6.07) is 17.0. The van der Waals surface area contributed by atoms with E-state index in [1.54, 1.807) is 6.07 Å². The van der Waals surface area contributed by atoms with Gasteiger partial charge in [-0.25, -0.2) is 14.2 Å². The lowest BCUT2D eigenvalue weighted by Gasteiger charge is -2.20. The molecule has 6 nitrogen and oxygen atoms in total. The second kappa shape index (κ2) is 8.32. The molecule has 0 unspecified atom stereocenters. The van der Waals surface area contributed by atoms with Crippen LogP contribution < -0.4 is 10.2 Å². The second-order valence-corrected chi connectivity index (χ2v) is 7.18. The van der Waals surface area contributed by atoms with Crippen LogP contribution in [-0.2, 0) is 0 Å². The van der Waals surface area contributed by atoms with Crippen LogP contribution in [0, 0.1) is 5.82 Å². The number of rotatable bonds is 5. The van der Waals surface area contributed by atoms with Crippen molar-refractivity contribution < 1.29 is 19.1 Å². The summed E-state index contributed by atoms with van der Waals surface area (Å²) in [7, 11) is 0. The average Bonchev–Trinajstić information content (AvgIpc) is 3.24. The zero-order chi connectivity index (χ0) is 21.1. The standard InChI is InChI=1S/C23H20FN3O3/c24-20-9-5-4-8-18(20)22(28)26-17-12-19(23(29)30)21(25-13-17)27-11-10-16(14-27)15-6-2-1-3-7-15/h1-9,12-13,16H,10-11,14H2,(H,26,28)(H,29,30)/t16-/m1/s1. The molecule has 1 aromatic heterocycles. The van der Waals surface area contributed by atoms with E-state index < -0.39 is 17.7 Å². The van der Waals surface area contributed by atoms with E-state index in [0.29, 0.717) is 24.8 Å². The van der Waals surface area contributed by atoms with E-state index in [0.717, 1.165) is 6.42 Å². The first-order valence-corrected chi connectivity index (χ1v) is 9.62. The molecule has 1 amide bonds. The fourth-order valence-electron chi connectivity index (χ4n) is 3.73. The number of nitrogens with one attached hydrogen (secondary N) is 1. The second-order valence-electron chi connectivity index (χ2n) is 7.18. The van der Waals surface area contributed by atoms with Crippen molar-refractivity contribution in [3.63, 3.8) is 0 Å². The van der Waals surface area contributed by atoms with Gasteiger partial charge in [0, 0.05) is 19.0 Å². The van der Waals surface area contributed by atoms with Gasteiger partial charge >= 0.3 is 5.97 Å². The molecule has 4 rings (SSSR count). The molecule has 1 aliphatic heterocycles. The fraction of sp³-hybridized carbons (Fsp3) is 0.174. The van der Waals surface area contributed by atoms with Crippen LogP contribution in [0.15, 0.2) is 66.9 Å². The summed E-state index contributed by atoms with van der Waals surface area (Å²) >= 11 is 0. The van der Waals surface area contributed by atoms with Gasteiger partial charge in [0.2, 0.25) is 0 Å². The Morgan fingerprint density at radius 1 is 1.07 bits per heavy atom. The quantitative estimate of drug-likeness (QED) is 0.666. The van der Waals surface area contributed by atoms with Gasteiger partial charge in [0.05, 0.1) is 17.4 Å². The minimum Gasteiger partial charge on any atom is -0.478 e. The SMILES string of the molecule is O=C(Nc1cnc(N2CC[C@@H](c3ccccc3)C2)c(C(=O)O)c1)c1ccccc1F. The number of nitrogens with zero attached hydrogens (tertiary/aromatic N) is 2. The number of aromatic carboxylic acids is 1. The Labute approximate surface area is 173 Å². The number of halogens is 1. The van der Waals surface area contributed by atoms with Crippen molar-refractivity contribution in [3.05, 3.63) is 89.4 Å². The summed E-state index contributed by atoms with van der Waals surface area (Å²) < 4.78 is 13.8. The first-order chi connectivity index (χ1) is 14.5. The van der Waals surface area contributed by atoms with Crippen LogP contribution in [0.3, 0.4) is 0 Å². The Morgan fingerprint density at radius 3 is 2.53 bits per heavy atom. The van der Waals surface area contributed by atoms with Crippen LogP contribution >= 0.6 is 0 Å². The number of hydrogen-bond acceptors (Lipinski definition) is 4. The Bertz CT molecular complexity index is 1090. The van der Waals surface area contributed by atoms with Crippen LogP contribution in [-0.4, -0.2) is 35.1 Å². The molecule has 30 heavy (non-hydrogen) atoms. The van der Waals surface area contributed by atoms with Gasteiger partial charge < -0.3 is 15.3 Å². The van der Waals surface area contributed by atoms with Crippen molar-refractivity contribution in [1.29, 1.82) is 0 Å². The van der Waals surface area contributed by atoms with Crippen molar-refractivity contribution in [1.82, 2.24) is 4.98 Å². The van der Waals surface area contributed by atoms with Gasteiger partial charge in [-0.05, 0) is 30.2 Å². The van der Waals surface area contributed by atoms with Gasteiger partial charge in [0.1, 0.15) is 17.2 Å². The maximum absolute atomic E-state index is 13.8. The Morgan fingerprint density at radius 2 is 1.80 bits per heavy atom. The predicted molar refractivity (Wildman–Crippen MR) is 112 cm³/mol. The van der Waals surface area contributed by atoms with E-state index in [9.17, 15) is 19.1 Å². The van der Waals surface area contributed by atoms with E-state index in [4.69, 9.17) is 0 Å². The van der Waals surface area contributed by atoms with Crippen LogP contribution in [0.2, 0.25) is 0 Å². The monoisotopic (exact) mass is 405 g/mol. The normalized spacial score (nSPS) is 15.8. The summed E-state index contributed by atoms with van der Waals surface area (Å²) in [5.74, 6) is -1.78. The first kappa shape index (κ1) is 19.6. The third-order valence-corrected chi connectivity index (χ3v) is 5.23. The lowest BCUT2D eigenvalue weighted by atomic mass is 9.99. The van der Waals surface area contributed by atoms with E-state index >= 15 is 0 Å². The zero-order valence-corrected chi connectivity index (χ0v) is 16.1. The Hall–Kier alpha value is -3.74. The van der Waals surface area contributed by atoms with Gasteiger partial charge in [-0.15, -0.1) is 0 Å². The molecule has 3 aromatic rings. The number of hydrogen-bond donors (Lipinski definition) is 2. The number of benzene rings is 2. The van der Waals surface area contributed by atoms with Crippen molar-refractivity contribution in [2.45, 2.75) is 12.3 Å². The third-order valence-electron chi connectivity index (χ3n) is 5.23. The van der Waals surface area contributed by atoms with E-state index in [2.05, 4.69) is 22.4 Å². The third kappa shape index (κ3) is 4.00. The lowest BCUT2D eigenvalue weighted by Crippen LogP contribution is -2.23. The van der Waals surface area contributed by atoms with Crippen LogP contribution in [0.5, 0.6) is 0 Å². The van der Waals surface area contributed by atoms with Crippen molar-refractivity contribution in [3.8, 4) is 0 Å². The van der Waals surface area contributed by atoms with E-state index in [1.165, 1.54) is 36.0 Å². The number of amides is 1. The molecule has 0 saturated carbocycles. The number of carbonyl (C=O) groups excluding carboxylic acids is 1. The van der Waals surface area contributed by atoms with Crippen LogP contribution in [0.4, 0.5) is 15.9 Å². The number of carboxylic acid groups (broad SMARTS) is 1. The molecule has 0 radical (unpaired) electrons. The number of carboxylic acids is 1. The maximum Gasteiger partial charge on any atom is 0.339 e. The molecule has 7 heteroatoms. The Kier molecular flexibility index (Phi) is 5.43. The molecule has 2 aromatic carbocycles. The minimum absolute atomic E-state index is 0.00459. The highest BCUT2D eigenvalue weighted by Crippen LogP contribution is 2.32. The molecule has 1 fully saturated rings.